The van der Waals surface area contributed by atoms with Gasteiger partial charge in [-0.25, -0.2) is 4.98 Å². The van der Waals surface area contributed by atoms with Crippen molar-refractivity contribution in [1.29, 1.82) is 0 Å². The highest BCUT2D eigenvalue weighted by Crippen LogP contribution is 2.31. The zero-order valence-electron chi connectivity index (χ0n) is 12.0. The molecule has 3 rings (SSSR count). The summed E-state index contributed by atoms with van der Waals surface area (Å²) in [6, 6.07) is 6.26. The fourth-order valence-electron chi connectivity index (χ4n) is 2.17. The first-order valence-electron chi connectivity index (χ1n) is 6.76. The third-order valence-electron chi connectivity index (χ3n) is 3.30. The Kier molecular flexibility index (Phi) is 3.18. The van der Waals surface area contributed by atoms with Crippen molar-refractivity contribution in [1.82, 2.24) is 9.38 Å². The first kappa shape index (κ1) is 13.4. The van der Waals surface area contributed by atoms with Crippen LogP contribution in [0.2, 0.25) is 0 Å². The molecule has 5 heteroatoms. The van der Waals surface area contributed by atoms with E-state index in [4.69, 9.17) is 10.1 Å². The molecule has 0 radical (unpaired) electrons. The van der Waals surface area contributed by atoms with Gasteiger partial charge in [0.2, 0.25) is 0 Å². The third-order valence-corrected chi connectivity index (χ3v) is 4.32. The number of nitrogens with one attached hydrogen (secondary N) is 1. The highest BCUT2D eigenvalue weighted by molar-refractivity contribution is 7.23. The molecule has 0 saturated heterocycles. The van der Waals surface area contributed by atoms with E-state index < -0.39 is 0 Å². The number of aliphatic hydroxyl groups is 1. The van der Waals surface area contributed by atoms with Crippen LogP contribution in [0.5, 0.6) is 0 Å². The number of hydrogen-bond acceptors (Lipinski definition) is 4. The fourth-order valence-corrected chi connectivity index (χ4v) is 3.22. The smallest absolute Gasteiger partial charge is 0.194 e. The summed E-state index contributed by atoms with van der Waals surface area (Å²) >= 11 is 1.70. The van der Waals surface area contributed by atoms with E-state index in [2.05, 4.69) is 48.8 Å². The summed E-state index contributed by atoms with van der Waals surface area (Å²) in [6.07, 6.45) is 2.13. The van der Waals surface area contributed by atoms with Crippen molar-refractivity contribution in [3.05, 3.63) is 30.1 Å². The van der Waals surface area contributed by atoms with Gasteiger partial charge in [-0.15, -0.1) is 0 Å². The van der Waals surface area contributed by atoms with E-state index in [-0.39, 0.29) is 12.0 Å². The Bertz CT molecular complexity index is 751. The minimum absolute atomic E-state index is 0.0701. The van der Waals surface area contributed by atoms with Crippen molar-refractivity contribution < 1.29 is 5.11 Å². The number of hydrogen-bond donors (Lipinski definition) is 2. The molecule has 0 aliphatic rings. The Morgan fingerprint density at radius 3 is 2.85 bits per heavy atom. The summed E-state index contributed by atoms with van der Waals surface area (Å²) in [5.41, 5.74) is 3.41. The van der Waals surface area contributed by atoms with Crippen LogP contribution in [-0.4, -0.2) is 27.6 Å². The molecular weight excluding hydrogens is 270 g/mol. The van der Waals surface area contributed by atoms with Crippen molar-refractivity contribution in [2.75, 3.05) is 18.5 Å². The van der Waals surface area contributed by atoms with Gasteiger partial charge in [-0.2, -0.15) is 0 Å². The van der Waals surface area contributed by atoms with Crippen LogP contribution in [-0.2, 0) is 5.41 Å². The van der Waals surface area contributed by atoms with Crippen molar-refractivity contribution in [3.8, 4) is 0 Å². The molecule has 2 N–H and O–H groups in total. The van der Waals surface area contributed by atoms with Crippen molar-refractivity contribution in [2.24, 2.45) is 0 Å². The Hall–Kier alpha value is -1.59. The molecule has 0 aliphatic carbocycles. The van der Waals surface area contributed by atoms with Crippen LogP contribution in [0.25, 0.3) is 15.2 Å². The second-order valence-electron chi connectivity index (χ2n) is 5.96. The van der Waals surface area contributed by atoms with Gasteiger partial charge in [0.1, 0.15) is 0 Å². The zero-order valence-corrected chi connectivity index (χ0v) is 12.8. The van der Waals surface area contributed by atoms with E-state index in [1.54, 1.807) is 11.3 Å². The Morgan fingerprint density at radius 2 is 2.15 bits per heavy atom. The van der Waals surface area contributed by atoms with E-state index >= 15 is 0 Å². The molecule has 0 bridgehead atoms. The lowest BCUT2D eigenvalue weighted by molar-refractivity contribution is 0.311. The highest BCUT2D eigenvalue weighted by Gasteiger charge is 2.19. The summed E-state index contributed by atoms with van der Waals surface area (Å²) < 4.78 is 3.37. The minimum atomic E-state index is 0.0701. The predicted molar refractivity (Wildman–Crippen MR) is 84.9 cm³/mol. The Balaban J connectivity index is 2.07. The summed E-state index contributed by atoms with van der Waals surface area (Å²) in [5.74, 6) is 0. The van der Waals surface area contributed by atoms with Gasteiger partial charge in [0.05, 0.1) is 22.5 Å². The Labute approximate surface area is 122 Å². The summed E-state index contributed by atoms with van der Waals surface area (Å²) in [7, 11) is 0. The lowest BCUT2D eigenvalue weighted by atomic mass is 9.93. The summed E-state index contributed by atoms with van der Waals surface area (Å²) in [6.45, 7) is 7.25. The molecule has 2 aromatic heterocycles. The van der Waals surface area contributed by atoms with Crippen LogP contribution in [0, 0.1) is 0 Å². The molecule has 0 unspecified atom stereocenters. The molecule has 20 heavy (non-hydrogen) atoms. The number of nitrogens with zero attached hydrogens (tertiary/aromatic N) is 2. The average Bonchev–Trinajstić information content (AvgIpc) is 2.92. The van der Waals surface area contributed by atoms with Gasteiger partial charge in [0, 0.05) is 23.8 Å². The maximum absolute atomic E-state index is 8.85. The number of thiazole rings is 1. The van der Waals surface area contributed by atoms with Crippen molar-refractivity contribution in [3.63, 3.8) is 0 Å². The van der Waals surface area contributed by atoms with Gasteiger partial charge in [0.15, 0.2) is 4.96 Å². The van der Waals surface area contributed by atoms with Crippen molar-refractivity contribution in [2.45, 2.75) is 26.2 Å². The standard InChI is InChI=1S/C15H19N3OS/c1-15(2,3)13-9-18-11-5-4-10(16-6-7-19)8-12(11)20-14(18)17-13/h4-5,8-9,16,19H,6-7H2,1-3H3. The molecule has 0 spiro atoms. The van der Waals surface area contributed by atoms with Gasteiger partial charge in [0.25, 0.3) is 0 Å². The molecule has 0 saturated carbocycles. The minimum Gasteiger partial charge on any atom is -0.395 e. The number of benzene rings is 1. The number of fused-ring (bicyclic) bond motifs is 3. The molecule has 0 fully saturated rings. The van der Waals surface area contributed by atoms with E-state index in [9.17, 15) is 0 Å². The topological polar surface area (TPSA) is 49.6 Å². The monoisotopic (exact) mass is 289 g/mol. The highest BCUT2D eigenvalue weighted by atomic mass is 32.1. The van der Waals surface area contributed by atoms with E-state index in [0.717, 1.165) is 16.3 Å². The van der Waals surface area contributed by atoms with Gasteiger partial charge >= 0.3 is 0 Å². The molecular formula is C15H19N3OS. The lowest BCUT2D eigenvalue weighted by Crippen LogP contribution is -2.11. The average molecular weight is 289 g/mol. The second-order valence-corrected chi connectivity index (χ2v) is 6.97. The predicted octanol–water partition coefficient (Wildman–Crippen LogP) is 3.25. The normalized spacial score (nSPS) is 12.4. The quantitative estimate of drug-likeness (QED) is 0.778. The van der Waals surface area contributed by atoms with Gasteiger partial charge < -0.3 is 10.4 Å². The molecule has 2 heterocycles. The van der Waals surface area contributed by atoms with Gasteiger partial charge in [-0.05, 0) is 18.2 Å². The molecule has 3 aromatic rings. The molecule has 0 amide bonds. The zero-order chi connectivity index (χ0) is 14.3. The van der Waals surface area contributed by atoms with Crippen LogP contribution in [0.15, 0.2) is 24.4 Å². The van der Waals surface area contributed by atoms with Crippen LogP contribution >= 0.6 is 11.3 Å². The Morgan fingerprint density at radius 1 is 1.35 bits per heavy atom. The van der Waals surface area contributed by atoms with Crippen LogP contribution < -0.4 is 5.32 Å². The van der Waals surface area contributed by atoms with Gasteiger partial charge in [-0.3, -0.25) is 4.40 Å². The largest absolute Gasteiger partial charge is 0.395 e. The van der Waals surface area contributed by atoms with E-state index in [1.165, 1.54) is 10.2 Å². The number of aliphatic hydroxyl groups excluding tert-OH is 1. The fraction of sp³-hybridized carbons (Fsp3) is 0.400. The van der Waals surface area contributed by atoms with E-state index in [1.807, 2.05) is 6.07 Å². The first-order chi connectivity index (χ1) is 9.49. The van der Waals surface area contributed by atoms with Crippen LogP contribution in [0.3, 0.4) is 0 Å². The number of anilines is 1. The van der Waals surface area contributed by atoms with Gasteiger partial charge in [-0.1, -0.05) is 32.1 Å². The molecule has 0 aliphatic heterocycles. The number of imidazole rings is 1. The van der Waals surface area contributed by atoms with Crippen molar-refractivity contribution >= 4 is 32.2 Å². The summed E-state index contributed by atoms with van der Waals surface area (Å²) in [5, 5.41) is 12.0. The molecule has 1 aromatic carbocycles. The first-order valence-corrected chi connectivity index (χ1v) is 7.57. The SMILES string of the molecule is CC(C)(C)c1cn2c(n1)sc1cc(NCCO)ccc12. The lowest BCUT2D eigenvalue weighted by Gasteiger charge is -2.13. The van der Waals surface area contributed by atoms with E-state index in [0.29, 0.717) is 6.54 Å². The number of rotatable bonds is 3. The third kappa shape index (κ3) is 2.27. The summed E-state index contributed by atoms with van der Waals surface area (Å²) in [4.78, 5) is 5.77. The molecule has 0 atom stereocenters. The maximum Gasteiger partial charge on any atom is 0.194 e. The second kappa shape index (κ2) is 4.75. The maximum atomic E-state index is 8.85. The van der Waals surface area contributed by atoms with Crippen LogP contribution in [0.1, 0.15) is 26.5 Å². The number of aromatic nitrogens is 2. The molecule has 4 nitrogen and oxygen atoms in total. The van der Waals surface area contributed by atoms with Crippen LogP contribution in [0.4, 0.5) is 5.69 Å². The molecule has 106 valence electrons.